The summed E-state index contributed by atoms with van der Waals surface area (Å²) in [4.78, 5) is 14.2. The number of amides is 1. The van der Waals surface area contributed by atoms with Gasteiger partial charge in [0.05, 0.1) is 29.2 Å². The first-order valence-electron chi connectivity index (χ1n) is 9.33. The van der Waals surface area contributed by atoms with Crippen molar-refractivity contribution in [1.82, 2.24) is 4.90 Å². The van der Waals surface area contributed by atoms with Crippen LogP contribution >= 0.6 is 11.6 Å². The Labute approximate surface area is 181 Å². The molecule has 1 unspecified atom stereocenters. The van der Waals surface area contributed by atoms with Crippen LogP contribution in [0.25, 0.3) is 6.08 Å². The average molecular weight is 451 g/mol. The van der Waals surface area contributed by atoms with Crippen molar-refractivity contribution in [2.24, 2.45) is 5.14 Å². The van der Waals surface area contributed by atoms with Gasteiger partial charge in [-0.2, -0.15) is 0 Å². The van der Waals surface area contributed by atoms with E-state index in [1.807, 2.05) is 6.92 Å². The van der Waals surface area contributed by atoms with E-state index >= 15 is 0 Å². The molecule has 0 saturated heterocycles. The van der Waals surface area contributed by atoms with Gasteiger partial charge in [-0.15, -0.1) is 0 Å². The third-order valence-corrected chi connectivity index (χ3v) is 6.07. The molecule has 2 aromatic carbocycles. The van der Waals surface area contributed by atoms with Gasteiger partial charge in [-0.3, -0.25) is 4.79 Å². The number of primary sulfonamides is 1. The molecule has 0 bridgehead atoms. The molecule has 30 heavy (non-hydrogen) atoms. The van der Waals surface area contributed by atoms with Crippen molar-refractivity contribution in [2.75, 3.05) is 20.3 Å². The van der Waals surface area contributed by atoms with Crippen molar-refractivity contribution >= 4 is 33.6 Å². The Morgan fingerprint density at radius 2 is 1.87 bits per heavy atom. The van der Waals surface area contributed by atoms with Crippen LogP contribution in [0.1, 0.15) is 30.5 Å². The topological polar surface area (TPSA) is 98.9 Å². The van der Waals surface area contributed by atoms with Crippen molar-refractivity contribution in [3.63, 3.8) is 0 Å². The lowest BCUT2D eigenvalue weighted by Gasteiger charge is -2.24. The van der Waals surface area contributed by atoms with Crippen LogP contribution in [0.2, 0.25) is 5.02 Å². The van der Waals surface area contributed by atoms with Crippen molar-refractivity contribution in [2.45, 2.75) is 24.3 Å². The third kappa shape index (κ3) is 5.13. The van der Waals surface area contributed by atoms with Crippen LogP contribution < -0.4 is 14.6 Å². The number of nitrogens with two attached hydrogens (primary N) is 1. The van der Waals surface area contributed by atoms with E-state index in [0.717, 1.165) is 17.5 Å². The molecule has 1 heterocycles. The minimum atomic E-state index is -3.76. The first-order valence-corrected chi connectivity index (χ1v) is 11.3. The Kier molecular flexibility index (Phi) is 6.70. The predicted molar refractivity (Wildman–Crippen MR) is 115 cm³/mol. The number of carbonyl (C=O) groups excluding carboxylic acids is 1. The third-order valence-electron chi connectivity index (χ3n) is 4.86. The smallest absolute Gasteiger partial charge is 0.246 e. The molecule has 7 nitrogen and oxygen atoms in total. The molecule has 1 aliphatic heterocycles. The second-order valence-electron chi connectivity index (χ2n) is 6.95. The first kappa shape index (κ1) is 22.1. The number of ether oxygens (including phenoxy) is 2. The summed E-state index contributed by atoms with van der Waals surface area (Å²) in [6.07, 6.45) is 3.89. The van der Waals surface area contributed by atoms with E-state index in [9.17, 15) is 13.2 Å². The summed E-state index contributed by atoms with van der Waals surface area (Å²) in [6, 6.07) is 9.36. The highest BCUT2D eigenvalue weighted by molar-refractivity contribution is 7.89. The van der Waals surface area contributed by atoms with Gasteiger partial charge in [-0.1, -0.05) is 23.7 Å². The Morgan fingerprint density at radius 3 is 2.53 bits per heavy atom. The fraction of sp³-hybridized carbons (Fsp3) is 0.286. The van der Waals surface area contributed by atoms with Crippen molar-refractivity contribution < 1.29 is 22.7 Å². The van der Waals surface area contributed by atoms with E-state index in [-0.39, 0.29) is 16.8 Å². The molecule has 2 N–H and O–H groups in total. The fourth-order valence-electron chi connectivity index (χ4n) is 2.98. The van der Waals surface area contributed by atoms with Gasteiger partial charge in [-0.25, -0.2) is 13.6 Å². The standard InChI is InChI=1S/C21H23ClN2O5S/c1-14(16-5-7-17(8-6-16)30(23,26)27)24(2)20(25)9-4-15-12-18(22)21-19(13-15)28-10-3-11-29-21/h4-9,12-14H,3,10-11H2,1-2H3,(H2,23,26,27). The summed E-state index contributed by atoms with van der Waals surface area (Å²) >= 11 is 6.29. The molecule has 0 aliphatic carbocycles. The van der Waals surface area contributed by atoms with Crippen molar-refractivity contribution in [3.8, 4) is 11.5 Å². The van der Waals surface area contributed by atoms with Gasteiger partial charge in [-0.05, 0) is 48.4 Å². The minimum Gasteiger partial charge on any atom is -0.489 e. The van der Waals surface area contributed by atoms with Crippen molar-refractivity contribution in [1.29, 1.82) is 0 Å². The van der Waals surface area contributed by atoms with E-state index in [4.69, 9.17) is 26.2 Å². The van der Waals surface area contributed by atoms with Crippen LogP contribution in [0.15, 0.2) is 47.4 Å². The van der Waals surface area contributed by atoms with E-state index in [1.165, 1.54) is 18.2 Å². The highest BCUT2D eigenvalue weighted by Gasteiger charge is 2.18. The molecule has 0 spiro atoms. The molecular formula is C21H23ClN2O5S. The highest BCUT2D eigenvalue weighted by Crippen LogP contribution is 2.38. The Balaban J connectivity index is 1.73. The second-order valence-corrected chi connectivity index (χ2v) is 8.92. The zero-order chi connectivity index (χ0) is 21.9. The lowest BCUT2D eigenvalue weighted by atomic mass is 10.1. The Bertz CT molecular complexity index is 1070. The lowest BCUT2D eigenvalue weighted by Crippen LogP contribution is -2.28. The van der Waals surface area contributed by atoms with E-state index < -0.39 is 10.0 Å². The average Bonchev–Trinajstić information content (AvgIpc) is 2.96. The van der Waals surface area contributed by atoms with Gasteiger partial charge in [0.15, 0.2) is 11.5 Å². The number of benzene rings is 2. The molecule has 1 amide bonds. The van der Waals surface area contributed by atoms with Gasteiger partial charge in [0.25, 0.3) is 0 Å². The number of fused-ring (bicyclic) bond motifs is 1. The summed E-state index contributed by atoms with van der Waals surface area (Å²) in [5, 5.41) is 5.55. The minimum absolute atomic E-state index is 0.0265. The predicted octanol–water partition coefficient (Wildman–Crippen LogP) is 3.38. The van der Waals surface area contributed by atoms with Crippen LogP contribution in [0.4, 0.5) is 0 Å². The summed E-state index contributed by atoms with van der Waals surface area (Å²) in [6.45, 7) is 2.93. The molecular weight excluding hydrogens is 428 g/mol. The maximum absolute atomic E-state index is 12.6. The van der Waals surface area contributed by atoms with Crippen LogP contribution in [0.3, 0.4) is 0 Å². The SMILES string of the molecule is CC(c1ccc(S(N)(=O)=O)cc1)N(C)C(=O)C=Cc1cc(Cl)c2c(c1)OCCCO2. The quantitative estimate of drug-likeness (QED) is 0.704. The van der Waals surface area contributed by atoms with Gasteiger partial charge in [0.1, 0.15) is 0 Å². The zero-order valence-electron chi connectivity index (χ0n) is 16.7. The van der Waals surface area contributed by atoms with Gasteiger partial charge >= 0.3 is 0 Å². The number of halogens is 1. The van der Waals surface area contributed by atoms with Gasteiger partial charge < -0.3 is 14.4 Å². The number of hydrogen-bond donors (Lipinski definition) is 1. The fourth-order valence-corrected chi connectivity index (χ4v) is 3.77. The summed E-state index contributed by atoms with van der Waals surface area (Å²) in [5.74, 6) is 0.858. The molecule has 1 atom stereocenters. The number of carbonyl (C=O) groups is 1. The van der Waals surface area contributed by atoms with E-state index in [2.05, 4.69) is 0 Å². The number of nitrogens with zero attached hydrogens (tertiary/aromatic N) is 1. The van der Waals surface area contributed by atoms with E-state index in [1.54, 1.807) is 42.3 Å². The molecule has 0 fully saturated rings. The van der Waals surface area contributed by atoms with Gasteiger partial charge in [0, 0.05) is 19.5 Å². The van der Waals surface area contributed by atoms with Crippen LogP contribution in [-0.2, 0) is 14.8 Å². The molecule has 1 aliphatic rings. The second kappa shape index (κ2) is 9.07. The van der Waals surface area contributed by atoms with Crippen molar-refractivity contribution in [3.05, 3.63) is 58.6 Å². The maximum atomic E-state index is 12.6. The number of hydrogen-bond acceptors (Lipinski definition) is 5. The molecule has 0 saturated carbocycles. The Hall–Kier alpha value is -2.55. The zero-order valence-corrected chi connectivity index (χ0v) is 18.2. The first-order chi connectivity index (χ1) is 14.2. The summed E-state index contributed by atoms with van der Waals surface area (Å²) in [7, 11) is -2.08. The summed E-state index contributed by atoms with van der Waals surface area (Å²) in [5.41, 5.74) is 1.50. The number of rotatable bonds is 5. The molecule has 0 radical (unpaired) electrons. The molecule has 2 aromatic rings. The monoisotopic (exact) mass is 450 g/mol. The summed E-state index contributed by atoms with van der Waals surface area (Å²) < 4.78 is 34.0. The molecule has 0 aromatic heterocycles. The molecule has 3 rings (SSSR count). The normalized spacial score (nSPS) is 14.9. The largest absolute Gasteiger partial charge is 0.489 e. The van der Waals surface area contributed by atoms with Crippen LogP contribution in [0.5, 0.6) is 11.5 Å². The highest BCUT2D eigenvalue weighted by atomic mass is 35.5. The van der Waals surface area contributed by atoms with Crippen LogP contribution in [0, 0.1) is 0 Å². The number of likely N-dealkylation sites (N-methyl/N-ethyl adjacent to an activating group) is 1. The molecule has 160 valence electrons. The Morgan fingerprint density at radius 1 is 1.20 bits per heavy atom. The lowest BCUT2D eigenvalue weighted by molar-refractivity contribution is -0.126. The molecule has 9 heteroatoms. The van der Waals surface area contributed by atoms with Crippen LogP contribution in [-0.4, -0.2) is 39.5 Å². The van der Waals surface area contributed by atoms with E-state index in [0.29, 0.717) is 29.7 Å². The number of sulfonamides is 1. The van der Waals surface area contributed by atoms with Gasteiger partial charge in [0.2, 0.25) is 15.9 Å². The maximum Gasteiger partial charge on any atom is 0.246 e.